The fraction of sp³-hybridized carbons (Fsp3) is 0.478. The number of amides is 1. The van der Waals surface area contributed by atoms with Crippen molar-refractivity contribution < 1.29 is 14.3 Å². The smallest absolute Gasteiger partial charge is 0.230 e. The van der Waals surface area contributed by atoms with Crippen molar-refractivity contribution in [2.45, 2.75) is 32.4 Å². The standard InChI is InChI=1S/C23H29N3O3/c1-28-20-6-3-5-19(21(20)29-2)16-26-13-4-9-23(22(26)27)10-14-25(17-23)15-18-7-11-24-12-8-18/h3,5-8,11-12H,4,9-10,13-17H2,1-2H3/t23-/m0/s1. The number of ether oxygens (including phenoxy) is 2. The molecule has 0 bridgehead atoms. The molecule has 0 radical (unpaired) electrons. The first-order chi connectivity index (χ1) is 14.1. The Morgan fingerprint density at radius 3 is 2.62 bits per heavy atom. The maximum absolute atomic E-state index is 13.5. The number of rotatable bonds is 6. The average Bonchev–Trinajstić information content (AvgIpc) is 3.15. The molecule has 0 N–H and O–H groups in total. The van der Waals surface area contributed by atoms with Gasteiger partial charge in [0.05, 0.1) is 19.6 Å². The lowest BCUT2D eigenvalue weighted by atomic mass is 9.78. The van der Waals surface area contributed by atoms with Crippen LogP contribution in [0.15, 0.2) is 42.7 Å². The molecule has 2 aliphatic heterocycles. The molecule has 1 spiro atoms. The molecule has 2 aliphatic rings. The van der Waals surface area contributed by atoms with Crippen LogP contribution in [0.3, 0.4) is 0 Å². The van der Waals surface area contributed by atoms with Crippen molar-refractivity contribution in [3.8, 4) is 11.5 Å². The Labute approximate surface area is 172 Å². The van der Waals surface area contributed by atoms with Gasteiger partial charge in [0.25, 0.3) is 0 Å². The number of aromatic nitrogens is 1. The van der Waals surface area contributed by atoms with E-state index < -0.39 is 0 Å². The molecule has 0 saturated carbocycles. The number of hydrogen-bond acceptors (Lipinski definition) is 5. The maximum atomic E-state index is 13.5. The van der Waals surface area contributed by atoms with E-state index in [1.54, 1.807) is 14.2 Å². The van der Waals surface area contributed by atoms with Gasteiger partial charge in [0, 0.05) is 44.1 Å². The zero-order chi connectivity index (χ0) is 20.3. The Morgan fingerprint density at radius 2 is 1.86 bits per heavy atom. The second-order valence-electron chi connectivity index (χ2n) is 8.08. The first-order valence-corrected chi connectivity index (χ1v) is 10.3. The third kappa shape index (κ3) is 3.94. The number of carbonyl (C=O) groups excluding carboxylic acids is 1. The Kier molecular flexibility index (Phi) is 5.72. The molecule has 6 heteroatoms. The highest BCUT2D eigenvalue weighted by Gasteiger charge is 2.48. The lowest BCUT2D eigenvalue weighted by molar-refractivity contribution is -0.146. The van der Waals surface area contributed by atoms with Crippen LogP contribution >= 0.6 is 0 Å². The van der Waals surface area contributed by atoms with E-state index in [0.29, 0.717) is 18.0 Å². The van der Waals surface area contributed by atoms with Crippen LogP contribution in [0.4, 0.5) is 0 Å². The van der Waals surface area contributed by atoms with E-state index in [2.05, 4.69) is 22.0 Å². The van der Waals surface area contributed by atoms with Crippen LogP contribution in [0.2, 0.25) is 0 Å². The monoisotopic (exact) mass is 395 g/mol. The van der Waals surface area contributed by atoms with Crippen molar-refractivity contribution in [2.24, 2.45) is 5.41 Å². The van der Waals surface area contributed by atoms with E-state index in [4.69, 9.17) is 9.47 Å². The van der Waals surface area contributed by atoms with Gasteiger partial charge in [0.2, 0.25) is 5.91 Å². The molecular formula is C23H29N3O3. The van der Waals surface area contributed by atoms with Gasteiger partial charge < -0.3 is 14.4 Å². The summed E-state index contributed by atoms with van der Waals surface area (Å²) in [5, 5.41) is 0. The number of para-hydroxylation sites is 1. The lowest BCUT2D eigenvalue weighted by Crippen LogP contribution is -2.49. The van der Waals surface area contributed by atoms with Crippen LogP contribution in [0.1, 0.15) is 30.4 Å². The molecular weight excluding hydrogens is 366 g/mol. The van der Waals surface area contributed by atoms with Gasteiger partial charge in [0.15, 0.2) is 11.5 Å². The SMILES string of the molecule is COc1cccc(CN2CCC[C@@]3(CCN(Cc4ccncc4)C3)C2=O)c1OC. The molecule has 2 saturated heterocycles. The third-order valence-corrected chi connectivity index (χ3v) is 6.26. The van der Waals surface area contributed by atoms with Crippen LogP contribution in [-0.4, -0.2) is 54.5 Å². The van der Waals surface area contributed by atoms with Gasteiger partial charge in [-0.15, -0.1) is 0 Å². The molecule has 1 atom stereocenters. The zero-order valence-corrected chi connectivity index (χ0v) is 17.3. The van der Waals surface area contributed by atoms with Gasteiger partial charge in [0.1, 0.15) is 0 Å². The Balaban J connectivity index is 1.47. The van der Waals surface area contributed by atoms with Gasteiger partial charge in [-0.3, -0.25) is 14.7 Å². The van der Waals surface area contributed by atoms with E-state index >= 15 is 0 Å². The molecule has 4 rings (SSSR count). The van der Waals surface area contributed by atoms with Crippen molar-refractivity contribution >= 4 is 5.91 Å². The highest BCUT2D eigenvalue weighted by Crippen LogP contribution is 2.41. The number of pyridine rings is 1. The summed E-state index contributed by atoms with van der Waals surface area (Å²) in [7, 11) is 3.29. The summed E-state index contributed by atoms with van der Waals surface area (Å²) in [5.74, 6) is 1.70. The number of benzene rings is 1. The minimum absolute atomic E-state index is 0.253. The molecule has 1 aromatic carbocycles. The Morgan fingerprint density at radius 1 is 1.03 bits per heavy atom. The summed E-state index contributed by atoms with van der Waals surface area (Å²) in [4.78, 5) is 22.0. The predicted octanol–water partition coefficient (Wildman–Crippen LogP) is 3.11. The highest BCUT2D eigenvalue weighted by molar-refractivity contribution is 5.84. The minimum Gasteiger partial charge on any atom is -0.493 e. The summed E-state index contributed by atoms with van der Waals surface area (Å²) >= 11 is 0. The molecule has 6 nitrogen and oxygen atoms in total. The van der Waals surface area contributed by atoms with E-state index in [-0.39, 0.29) is 11.3 Å². The summed E-state index contributed by atoms with van der Waals surface area (Å²) in [6, 6.07) is 9.95. The Hall–Kier alpha value is -2.60. The zero-order valence-electron chi connectivity index (χ0n) is 17.3. The van der Waals surface area contributed by atoms with Crippen molar-refractivity contribution in [1.82, 2.24) is 14.8 Å². The highest BCUT2D eigenvalue weighted by atomic mass is 16.5. The number of methoxy groups -OCH3 is 2. The molecule has 0 aliphatic carbocycles. The molecule has 154 valence electrons. The summed E-state index contributed by atoms with van der Waals surface area (Å²) in [6.07, 6.45) is 6.61. The number of hydrogen-bond donors (Lipinski definition) is 0. The summed E-state index contributed by atoms with van der Waals surface area (Å²) in [6.45, 7) is 4.03. The molecule has 3 heterocycles. The van der Waals surface area contributed by atoms with Crippen LogP contribution in [0.25, 0.3) is 0 Å². The van der Waals surface area contributed by atoms with E-state index in [1.165, 1.54) is 5.56 Å². The van der Waals surface area contributed by atoms with E-state index in [1.807, 2.05) is 35.5 Å². The van der Waals surface area contributed by atoms with Crippen molar-refractivity contribution in [3.05, 3.63) is 53.9 Å². The average molecular weight is 396 g/mol. The van der Waals surface area contributed by atoms with Crippen LogP contribution in [-0.2, 0) is 17.9 Å². The van der Waals surface area contributed by atoms with Gasteiger partial charge in [-0.2, -0.15) is 0 Å². The van der Waals surface area contributed by atoms with Gasteiger partial charge >= 0.3 is 0 Å². The van der Waals surface area contributed by atoms with E-state index in [9.17, 15) is 4.79 Å². The largest absolute Gasteiger partial charge is 0.493 e. The van der Waals surface area contributed by atoms with Crippen molar-refractivity contribution in [3.63, 3.8) is 0 Å². The van der Waals surface area contributed by atoms with Gasteiger partial charge in [-0.25, -0.2) is 0 Å². The fourth-order valence-corrected chi connectivity index (χ4v) is 4.81. The molecule has 1 amide bonds. The summed E-state index contributed by atoms with van der Waals surface area (Å²) in [5.41, 5.74) is 1.99. The maximum Gasteiger partial charge on any atom is 0.230 e. The van der Waals surface area contributed by atoms with Gasteiger partial charge in [-0.05, 0) is 49.6 Å². The molecule has 2 fully saturated rings. The first-order valence-electron chi connectivity index (χ1n) is 10.3. The number of nitrogens with zero attached hydrogens (tertiary/aromatic N) is 3. The van der Waals surface area contributed by atoms with Crippen LogP contribution < -0.4 is 9.47 Å². The van der Waals surface area contributed by atoms with Gasteiger partial charge in [-0.1, -0.05) is 12.1 Å². The van der Waals surface area contributed by atoms with Crippen molar-refractivity contribution in [2.75, 3.05) is 33.9 Å². The fourth-order valence-electron chi connectivity index (χ4n) is 4.81. The number of carbonyl (C=O) groups is 1. The normalized spacial score (nSPS) is 22.3. The molecule has 29 heavy (non-hydrogen) atoms. The molecule has 0 unspecified atom stereocenters. The summed E-state index contributed by atoms with van der Waals surface area (Å²) < 4.78 is 11.0. The quantitative estimate of drug-likeness (QED) is 0.752. The Bertz CT molecular complexity index is 858. The number of piperidine rings is 1. The number of likely N-dealkylation sites (tertiary alicyclic amines) is 2. The second-order valence-corrected chi connectivity index (χ2v) is 8.08. The molecule has 1 aromatic heterocycles. The first kappa shape index (κ1) is 19.7. The predicted molar refractivity (Wildman–Crippen MR) is 111 cm³/mol. The van der Waals surface area contributed by atoms with Crippen molar-refractivity contribution in [1.29, 1.82) is 0 Å². The van der Waals surface area contributed by atoms with Crippen LogP contribution in [0.5, 0.6) is 11.5 Å². The topological polar surface area (TPSA) is 54.9 Å². The molecule has 2 aromatic rings. The van der Waals surface area contributed by atoms with E-state index in [0.717, 1.165) is 51.0 Å². The minimum atomic E-state index is -0.253. The lowest BCUT2D eigenvalue weighted by Gasteiger charge is -2.39. The third-order valence-electron chi connectivity index (χ3n) is 6.26. The second kappa shape index (κ2) is 8.41. The van der Waals surface area contributed by atoms with Crippen LogP contribution in [0, 0.1) is 5.41 Å².